The van der Waals surface area contributed by atoms with E-state index in [0.717, 1.165) is 34.1 Å². The molecule has 0 amide bonds. The van der Waals surface area contributed by atoms with E-state index in [4.69, 9.17) is 9.73 Å². The Bertz CT molecular complexity index is 1050. The largest absolute Gasteiger partial charge is 0.497 e. The maximum absolute atomic E-state index is 13.0. The molecule has 1 unspecified atom stereocenters. The number of ketones is 1. The number of methoxy groups -OCH3 is 1. The monoisotopic (exact) mass is 422 g/mol. The number of fused-ring (bicyclic) bond motifs is 1. The quantitative estimate of drug-likeness (QED) is 0.730. The van der Waals surface area contributed by atoms with Gasteiger partial charge in [-0.15, -0.1) is 11.8 Å². The van der Waals surface area contributed by atoms with E-state index in [9.17, 15) is 9.90 Å². The number of hydrogen-bond donors (Lipinski definition) is 1. The van der Waals surface area contributed by atoms with E-state index in [-0.39, 0.29) is 17.7 Å². The number of carbonyl (C=O) groups excluding carboxylic acids is 1. The Labute approximate surface area is 181 Å². The molecule has 2 aliphatic rings. The lowest BCUT2D eigenvalue weighted by Crippen LogP contribution is -2.30. The van der Waals surface area contributed by atoms with Gasteiger partial charge in [0, 0.05) is 22.4 Å². The van der Waals surface area contributed by atoms with Crippen LogP contribution in [0.3, 0.4) is 0 Å². The van der Waals surface area contributed by atoms with E-state index < -0.39 is 5.72 Å². The molecule has 1 N–H and O–H groups in total. The van der Waals surface area contributed by atoms with Crippen molar-refractivity contribution in [1.82, 2.24) is 0 Å². The first-order valence-corrected chi connectivity index (χ1v) is 11.0. The molecule has 0 aromatic heterocycles. The predicted octanol–water partition coefficient (Wildman–Crippen LogP) is 4.29. The fraction of sp³-hybridized carbons (Fsp3) is 0.375. The van der Waals surface area contributed by atoms with Crippen LogP contribution >= 0.6 is 11.8 Å². The molecule has 156 valence electrons. The van der Waals surface area contributed by atoms with Crippen molar-refractivity contribution in [3.63, 3.8) is 0 Å². The molecule has 2 aromatic rings. The molecule has 1 atom stereocenters. The minimum absolute atomic E-state index is 0.0276. The van der Waals surface area contributed by atoms with Gasteiger partial charge in [0.05, 0.1) is 24.8 Å². The fourth-order valence-electron chi connectivity index (χ4n) is 3.86. The number of Topliss-reactive ketones (excluding diaryl/α,β-unsaturated/α-hetero) is 1. The molecular weight excluding hydrogens is 396 g/mol. The average Bonchev–Trinajstić information content (AvgIpc) is 3.07. The van der Waals surface area contributed by atoms with Crippen molar-refractivity contribution in [1.29, 1.82) is 0 Å². The molecule has 5 nitrogen and oxygen atoms in total. The summed E-state index contributed by atoms with van der Waals surface area (Å²) in [5.41, 5.74) is 3.30. The molecule has 2 heterocycles. The maximum atomic E-state index is 13.0. The Morgan fingerprint density at radius 2 is 1.87 bits per heavy atom. The molecule has 0 fully saturated rings. The number of thioether (sulfide) groups is 1. The molecule has 30 heavy (non-hydrogen) atoms. The van der Waals surface area contributed by atoms with E-state index in [1.54, 1.807) is 14.0 Å². The van der Waals surface area contributed by atoms with Crippen LogP contribution in [0.1, 0.15) is 54.2 Å². The van der Waals surface area contributed by atoms with Crippen molar-refractivity contribution >= 4 is 28.3 Å². The van der Waals surface area contributed by atoms with Gasteiger partial charge in [0.1, 0.15) is 10.8 Å². The summed E-state index contributed by atoms with van der Waals surface area (Å²) in [6.07, 6.45) is 1.08. The van der Waals surface area contributed by atoms with Crippen LogP contribution in [-0.2, 0) is 6.42 Å². The van der Waals surface area contributed by atoms with Gasteiger partial charge in [-0.05, 0) is 44.9 Å². The molecule has 0 saturated carbocycles. The third kappa shape index (κ3) is 4.35. The average molecular weight is 423 g/mol. The van der Waals surface area contributed by atoms with Crippen LogP contribution in [0.15, 0.2) is 52.4 Å². The lowest BCUT2D eigenvalue weighted by Gasteiger charge is -2.29. The lowest BCUT2D eigenvalue weighted by molar-refractivity contribution is 0.0985. The van der Waals surface area contributed by atoms with Crippen molar-refractivity contribution in [2.75, 3.05) is 12.9 Å². The third-order valence-electron chi connectivity index (χ3n) is 5.30. The van der Waals surface area contributed by atoms with Gasteiger partial charge < -0.3 is 9.84 Å². The van der Waals surface area contributed by atoms with Gasteiger partial charge in [0.2, 0.25) is 0 Å². The predicted molar refractivity (Wildman–Crippen MR) is 122 cm³/mol. The molecule has 0 aliphatic carbocycles. The lowest BCUT2D eigenvalue weighted by atomic mass is 9.85. The van der Waals surface area contributed by atoms with E-state index in [1.165, 1.54) is 17.3 Å². The smallest absolute Gasteiger partial charge is 0.168 e. The Balaban J connectivity index is 1.57. The molecule has 6 heteroatoms. The van der Waals surface area contributed by atoms with Crippen LogP contribution < -0.4 is 4.74 Å². The molecule has 0 radical (unpaired) electrons. The van der Waals surface area contributed by atoms with Crippen LogP contribution in [0.5, 0.6) is 5.75 Å². The molecule has 2 aliphatic heterocycles. The number of benzene rings is 2. The van der Waals surface area contributed by atoms with Crippen LogP contribution in [0, 0.1) is 0 Å². The molecule has 0 bridgehead atoms. The second-order valence-corrected chi connectivity index (χ2v) is 9.63. The number of carbonyl (C=O) groups is 1. The zero-order valence-corrected chi connectivity index (χ0v) is 18.5. The van der Waals surface area contributed by atoms with Crippen LogP contribution in [0.4, 0.5) is 0 Å². The zero-order valence-electron chi connectivity index (χ0n) is 17.7. The van der Waals surface area contributed by atoms with Crippen molar-refractivity contribution < 1.29 is 14.6 Å². The van der Waals surface area contributed by atoms with Crippen molar-refractivity contribution in [3.05, 3.63) is 64.7 Å². The van der Waals surface area contributed by atoms with Gasteiger partial charge in [0.25, 0.3) is 0 Å². The summed E-state index contributed by atoms with van der Waals surface area (Å²) in [6.45, 7) is 5.88. The number of hydrogen-bond acceptors (Lipinski definition) is 6. The minimum atomic E-state index is -1.02. The SMILES string of the molecule is COc1ccc2c(c1)C(CC(=O)c1ccc(C3=NC(C)(O)CS3)cc1)=NC(C)(C)C2. The number of ether oxygens (including phenoxy) is 1. The second-order valence-electron chi connectivity index (χ2n) is 8.67. The number of rotatable bonds is 5. The van der Waals surface area contributed by atoms with Gasteiger partial charge in [-0.25, -0.2) is 4.99 Å². The van der Waals surface area contributed by atoms with Gasteiger partial charge in [0.15, 0.2) is 11.5 Å². The summed E-state index contributed by atoms with van der Waals surface area (Å²) in [5, 5.41) is 10.8. The normalized spacial score (nSPS) is 22.2. The topological polar surface area (TPSA) is 71.2 Å². The number of aliphatic hydroxyl groups is 1. The van der Waals surface area contributed by atoms with Crippen LogP contribution in [0.2, 0.25) is 0 Å². The molecule has 4 rings (SSSR count). The van der Waals surface area contributed by atoms with Crippen molar-refractivity contribution in [3.8, 4) is 5.75 Å². The molecule has 0 saturated heterocycles. The first-order chi connectivity index (χ1) is 14.2. The Morgan fingerprint density at radius 3 is 2.50 bits per heavy atom. The summed E-state index contributed by atoms with van der Waals surface area (Å²) in [5.74, 6) is 1.34. The van der Waals surface area contributed by atoms with E-state index in [0.29, 0.717) is 11.3 Å². The summed E-state index contributed by atoms with van der Waals surface area (Å²) >= 11 is 1.52. The van der Waals surface area contributed by atoms with Crippen molar-refractivity contribution in [2.24, 2.45) is 9.98 Å². The fourth-order valence-corrected chi connectivity index (χ4v) is 4.90. The summed E-state index contributed by atoms with van der Waals surface area (Å²) in [4.78, 5) is 22.3. The van der Waals surface area contributed by atoms with Gasteiger partial charge in [-0.2, -0.15) is 0 Å². The Hall–Kier alpha value is -2.44. The van der Waals surface area contributed by atoms with Gasteiger partial charge in [-0.3, -0.25) is 9.79 Å². The highest BCUT2D eigenvalue weighted by Crippen LogP contribution is 2.32. The highest BCUT2D eigenvalue weighted by molar-refractivity contribution is 8.14. The third-order valence-corrected chi connectivity index (χ3v) is 6.59. The molecule has 0 spiro atoms. The van der Waals surface area contributed by atoms with Crippen molar-refractivity contribution in [2.45, 2.75) is 44.9 Å². The first-order valence-electron chi connectivity index (χ1n) is 10.0. The second kappa shape index (κ2) is 7.67. The minimum Gasteiger partial charge on any atom is -0.497 e. The maximum Gasteiger partial charge on any atom is 0.168 e. The van der Waals surface area contributed by atoms with Crippen LogP contribution in [0.25, 0.3) is 0 Å². The zero-order chi connectivity index (χ0) is 21.5. The summed E-state index contributed by atoms with van der Waals surface area (Å²) in [7, 11) is 1.64. The standard InChI is InChI=1S/C24H26N2O3S/c1-23(2)13-17-9-10-18(29-4)11-19(17)20(25-23)12-21(27)15-5-7-16(8-6-15)22-26-24(3,28)14-30-22/h5-11,28H,12-14H2,1-4H3. The first kappa shape index (κ1) is 20.8. The molecule has 2 aromatic carbocycles. The number of nitrogens with zero attached hydrogens (tertiary/aromatic N) is 2. The summed E-state index contributed by atoms with van der Waals surface area (Å²) < 4.78 is 5.38. The highest BCUT2D eigenvalue weighted by Gasteiger charge is 2.29. The highest BCUT2D eigenvalue weighted by atomic mass is 32.2. The van der Waals surface area contributed by atoms with E-state index in [2.05, 4.69) is 24.9 Å². The summed E-state index contributed by atoms with van der Waals surface area (Å²) in [6, 6.07) is 13.4. The Kier molecular flexibility index (Phi) is 5.32. The Morgan fingerprint density at radius 1 is 1.13 bits per heavy atom. The van der Waals surface area contributed by atoms with E-state index in [1.807, 2.05) is 36.4 Å². The van der Waals surface area contributed by atoms with Gasteiger partial charge >= 0.3 is 0 Å². The molecular formula is C24H26N2O3S. The van der Waals surface area contributed by atoms with E-state index >= 15 is 0 Å². The van der Waals surface area contributed by atoms with Gasteiger partial charge in [-0.1, -0.05) is 30.3 Å². The van der Waals surface area contributed by atoms with Crippen LogP contribution in [-0.4, -0.2) is 45.8 Å². The number of aliphatic imine (C=N–C) groups is 2.